The van der Waals surface area contributed by atoms with E-state index in [1.807, 2.05) is 0 Å². The Balaban J connectivity index is 1.93. The van der Waals surface area contributed by atoms with Crippen LogP contribution in [-0.2, 0) is 11.2 Å². The van der Waals surface area contributed by atoms with Gasteiger partial charge in [0.25, 0.3) is 0 Å². The molecule has 0 aliphatic heterocycles. The molecule has 4 heteroatoms. The fourth-order valence-corrected chi connectivity index (χ4v) is 2.35. The van der Waals surface area contributed by atoms with Gasteiger partial charge in [0.15, 0.2) is 0 Å². The third kappa shape index (κ3) is 3.43. The van der Waals surface area contributed by atoms with Crippen LogP contribution in [-0.4, -0.2) is 11.9 Å². The molecule has 2 nitrogen and oxygen atoms in total. The first-order chi connectivity index (χ1) is 8.15. The molecular weight excluding hydrogens is 241 g/mol. The molecule has 1 N–H and O–H groups in total. The van der Waals surface area contributed by atoms with E-state index in [1.165, 1.54) is 18.9 Å². The third-order valence-corrected chi connectivity index (χ3v) is 3.32. The molecule has 1 fully saturated rings. The van der Waals surface area contributed by atoms with Crippen LogP contribution in [0.1, 0.15) is 31.2 Å². The number of halogens is 2. The van der Waals surface area contributed by atoms with Gasteiger partial charge in [-0.1, -0.05) is 30.5 Å². The van der Waals surface area contributed by atoms with Gasteiger partial charge in [0.2, 0.25) is 5.91 Å². The maximum absolute atomic E-state index is 13.5. The number of carbonyl (C=O) groups is 1. The summed E-state index contributed by atoms with van der Waals surface area (Å²) in [6.07, 6.45) is 4.49. The lowest BCUT2D eigenvalue weighted by atomic mass is 10.1. The Morgan fingerprint density at radius 2 is 2.12 bits per heavy atom. The summed E-state index contributed by atoms with van der Waals surface area (Å²) in [4.78, 5) is 11.7. The van der Waals surface area contributed by atoms with Gasteiger partial charge in [-0.05, 0) is 30.5 Å². The molecule has 17 heavy (non-hydrogen) atoms. The zero-order chi connectivity index (χ0) is 12.3. The molecule has 1 aliphatic rings. The summed E-state index contributed by atoms with van der Waals surface area (Å²) in [5.41, 5.74) is 0.393. The second-order valence-electron chi connectivity index (χ2n) is 4.46. The smallest absolute Gasteiger partial charge is 0.224 e. The van der Waals surface area contributed by atoms with Crippen molar-refractivity contribution < 1.29 is 9.18 Å². The molecule has 2 rings (SSSR count). The van der Waals surface area contributed by atoms with Crippen LogP contribution in [0.15, 0.2) is 18.2 Å². The topological polar surface area (TPSA) is 29.1 Å². The second kappa shape index (κ2) is 5.50. The Kier molecular flexibility index (Phi) is 4.00. The molecule has 0 bridgehead atoms. The van der Waals surface area contributed by atoms with Crippen molar-refractivity contribution in [3.8, 4) is 0 Å². The number of hydrogen-bond donors (Lipinski definition) is 1. The van der Waals surface area contributed by atoms with E-state index in [-0.39, 0.29) is 18.4 Å². The monoisotopic (exact) mass is 255 g/mol. The number of amides is 1. The first kappa shape index (κ1) is 12.4. The van der Waals surface area contributed by atoms with Crippen molar-refractivity contribution in [1.82, 2.24) is 5.32 Å². The number of benzene rings is 1. The molecule has 92 valence electrons. The third-order valence-electron chi connectivity index (χ3n) is 3.09. The fraction of sp³-hybridized carbons (Fsp3) is 0.462. The predicted octanol–water partition coefficient (Wildman–Crippen LogP) is 3.08. The van der Waals surface area contributed by atoms with Gasteiger partial charge in [-0.15, -0.1) is 0 Å². The lowest BCUT2D eigenvalue weighted by molar-refractivity contribution is -0.121. The highest BCUT2D eigenvalue weighted by atomic mass is 35.5. The van der Waals surface area contributed by atoms with Crippen molar-refractivity contribution >= 4 is 17.5 Å². The molecule has 0 saturated heterocycles. The summed E-state index contributed by atoms with van der Waals surface area (Å²) in [6, 6.07) is 4.67. The van der Waals surface area contributed by atoms with Crippen molar-refractivity contribution in [2.45, 2.75) is 38.1 Å². The highest BCUT2D eigenvalue weighted by molar-refractivity contribution is 6.30. The van der Waals surface area contributed by atoms with E-state index in [9.17, 15) is 9.18 Å². The Hall–Kier alpha value is -1.09. The quantitative estimate of drug-likeness (QED) is 0.884. The van der Waals surface area contributed by atoms with Gasteiger partial charge in [-0.25, -0.2) is 4.39 Å². The van der Waals surface area contributed by atoms with Crippen molar-refractivity contribution in [2.75, 3.05) is 0 Å². The maximum atomic E-state index is 13.5. The van der Waals surface area contributed by atoms with Gasteiger partial charge in [-0.3, -0.25) is 4.79 Å². The van der Waals surface area contributed by atoms with Crippen LogP contribution in [0.4, 0.5) is 4.39 Å². The molecule has 0 spiro atoms. The zero-order valence-electron chi connectivity index (χ0n) is 9.51. The van der Waals surface area contributed by atoms with Crippen LogP contribution in [0.2, 0.25) is 5.02 Å². The Morgan fingerprint density at radius 3 is 2.76 bits per heavy atom. The molecule has 1 saturated carbocycles. The Morgan fingerprint density at radius 1 is 1.41 bits per heavy atom. The number of carbonyl (C=O) groups excluding carboxylic acids is 1. The van der Waals surface area contributed by atoms with Crippen LogP contribution in [0.3, 0.4) is 0 Å². The molecule has 1 aliphatic carbocycles. The van der Waals surface area contributed by atoms with Crippen LogP contribution in [0.5, 0.6) is 0 Å². The van der Waals surface area contributed by atoms with Crippen molar-refractivity contribution in [1.29, 1.82) is 0 Å². The van der Waals surface area contributed by atoms with Crippen LogP contribution in [0.25, 0.3) is 0 Å². The molecule has 0 unspecified atom stereocenters. The van der Waals surface area contributed by atoms with Gasteiger partial charge in [0, 0.05) is 11.1 Å². The van der Waals surface area contributed by atoms with E-state index in [4.69, 9.17) is 11.6 Å². The van der Waals surface area contributed by atoms with E-state index in [0.717, 1.165) is 12.8 Å². The lowest BCUT2D eigenvalue weighted by Crippen LogP contribution is -2.33. The number of rotatable bonds is 3. The zero-order valence-corrected chi connectivity index (χ0v) is 10.3. The molecule has 0 atom stereocenters. The predicted molar refractivity (Wildman–Crippen MR) is 65.5 cm³/mol. The molecule has 1 aromatic carbocycles. The highest BCUT2D eigenvalue weighted by Gasteiger charge is 2.17. The summed E-state index contributed by atoms with van der Waals surface area (Å²) in [5, 5.41) is 3.28. The van der Waals surface area contributed by atoms with E-state index in [1.54, 1.807) is 12.1 Å². The van der Waals surface area contributed by atoms with E-state index in [2.05, 4.69) is 5.32 Å². The van der Waals surface area contributed by atoms with Crippen LogP contribution >= 0.6 is 11.6 Å². The minimum atomic E-state index is -0.418. The average Bonchev–Trinajstić information content (AvgIpc) is 2.75. The van der Waals surface area contributed by atoms with E-state index >= 15 is 0 Å². The largest absolute Gasteiger partial charge is 0.353 e. The van der Waals surface area contributed by atoms with Crippen molar-refractivity contribution in [3.63, 3.8) is 0 Å². The van der Waals surface area contributed by atoms with Gasteiger partial charge in [0.1, 0.15) is 5.82 Å². The van der Waals surface area contributed by atoms with Gasteiger partial charge < -0.3 is 5.32 Å². The van der Waals surface area contributed by atoms with E-state index in [0.29, 0.717) is 10.6 Å². The normalized spacial score (nSPS) is 16.1. The van der Waals surface area contributed by atoms with Gasteiger partial charge in [-0.2, -0.15) is 0 Å². The van der Waals surface area contributed by atoms with E-state index < -0.39 is 5.82 Å². The SMILES string of the molecule is O=C(Cc1ccc(Cl)cc1F)NC1CCCC1. The van der Waals surface area contributed by atoms with Crippen molar-refractivity contribution in [3.05, 3.63) is 34.6 Å². The second-order valence-corrected chi connectivity index (χ2v) is 4.90. The minimum absolute atomic E-state index is 0.0828. The molecule has 0 aromatic heterocycles. The van der Waals surface area contributed by atoms with Crippen molar-refractivity contribution in [2.24, 2.45) is 0 Å². The summed E-state index contributed by atoms with van der Waals surface area (Å²) in [7, 11) is 0. The van der Waals surface area contributed by atoms with Crippen LogP contribution in [0, 0.1) is 5.82 Å². The standard InChI is InChI=1S/C13H15ClFNO/c14-10-6-5-9(12(15)8-10)7-13(17)16-11-3-1-2-4-11/h5-6,8,11H,1-4,7H2,(H,16,17). The first-order valence-electron chi connectivity index (χ1n) is 5.88. The summed E-state index contributed by atoms with van der Waals surface area (Å²) < 4.78 is 13.5. The Bertz CT molecular complexity index is 416. The summed E-state index contributed by atoms with van der Waals surface area (Å²) >= 11 is 5.65. The molecule has 0 heterocycles. The highest BCUT2D eigenvalue weighted by Crippen LogP contribution is 2.18. The first-order valence-corrected chi connectivity index (χ1v) is 6.26. The number of nitrogens with one attached hydrogen (secondary N) is 1. The number of hydrogen-bond acceptors (Lipinski definition) is 1. The molecule has 0 radical (unpaired) electrons. The van der Waals surface area contributed by atoms with Crippen LogP contribution < -0.4 is 5.32 Å². The maximum Gasteiger partial charge on any atom is 0.224 e. The molecule has 1 aromatic rings. The minimum Gasteiger partial charge on any atom is -0.353 e. The summed E-state index contributed by atoms with van der Waals surface area (Å²) in [5.74, 6) is -0.530. The average molecular weight is 256 g/mol. The molecule has 1 amide bonds. The van der Waals surface area contributed by atoms with Gasteiger partial charge >= 0.3 is 0 Å². The summed E-state index contributed by atoms with van der Waals surface area (Å²) in [6.45, 7) is 0. The fourth-order valence-electron chi connectivity index (χ4n) is 2.19. The lowest BCUT2D eigenvalue weighted by Gasteiger charge is -2.12. The Labute approximate surface area is 105 Å². The molecular formula is C13H15ClFNO. The van der Waals surface area contributed by atoms with Gasteiger partial charge in [0.05, 0.1) is 6.42 Å².